The highest BCUT2D eigenvalue weighted by atomic mass is 16.5. The van der Waals surface area contributed by atoms with E-state index in [0.717, 1.165) is 56.7 Å². The van der Waals surface area contributed by atoms with Gasteiger partial charge in [0.2, 0.25) is 5.95 Å². The molecule has 172 valence electrons. The van der Waals surface area contributed by atoms with Gasteiger partial charge in [0.05, 0.1) is 12.2 Å². The molecule has 3 heterocycles. The maximum Gasteiger partial charge on any atom is 0.322 e. The molecule has 0 radical (unpaired) electrons. The number of rotatable bonds is 9. The van der Waals surface area contributed by atoms with Crippen molar-refractivity contribution in [3.05, 3.63) is 47.7 Å². The molecule has 1 aliphatic rings. The summed E-state index contributed by atoms with van der Waals surface area (Å²) in [5.41, 5.74) is 8.72. The molecule has 3 aromatic rings. The minimum Gasteiger partial charge on any atom is -0.460 e. The van der Waals surface area contributed by atoms with Crippen LogP contribution >= 0.6 is 0 Å². The van der Waals surface area contributed by atoms with Gasteiger partial charge in [0.1, 0.15) is 6.10 Å². The number of likely N-dealkylation sites (tertiary alicyclic amines) is 1. The molecule has 32 heavy (non-hydrogen) atoms. The van der Waals surface area contributed by atoms with Gasteiger partial charge in [-0.15, -0.1) is 0 Å². The lowest BCUT2D eigenvalue weighted by molar-refractivity contribution is 0.0927. The van der Waals surface area contributed by atoms with E-state index in [-0.39, 0.29) is 12.1 Å². The van der Waals surface area contributed by atoms with E-state index in [1.807, 2.05) is 24.4 Å². The normalized spacial score (nSPS) is 16.5. The van der Waals surface area contributed by atoms with E-state index in [0.29, 0.717) is 17.9 Å². The first-order valence-corrected chi connectivity index (χ1v) is 11.7. The SMILES string of the molecule is CC(C)c1cnn2c(N[C@@H](C)c3ccccc3)nc(OC3CCN(CCCN)CC3)nc12. The molecule has 0 bridgehead atoms. The van der Waals surface area contributed by atoms with Gasteiger partial charge in [-0.3, -0.25) is 0 Å². The summed E-state index contributed by atoms with van der Waals surface area (Å²) >= 11 is 0. The van der Waals surface area contributed by atoms with Crippen molar-refractivity contribution in [3.8, 4) is 6.01 Å². The van der Waals surface area contributed by atoms with Crippen LogP contribution in [-0.4, -0.2) is 56.8 Å². The number of benzene rings is 1. The van der Waals surface area contributed by atoms with E-state index >= 15 is 0 Å². The zero-order valence-corrected chi connectivity index (χ0v) is 19.4. The largest absolute Gasteiger partial charge is 0.460 e. The number of nitrogens with zero attached hydrogens (tertiary/aromatic N) is 5. The molecular weight excluding hydrogens is 402 g/mol. The van der Waals surface area contributed by atoms with Crippen molar-refractivity contribution in [2.45, 2.75) is 58.1 Å². The fraction of sp³-hybridized carbons (Fsp3) is 0.542. The molecule has 1 saturated heterocycles. The number of fused-ring (bicyclic) bond motifs is 1. The Labute approximate surface area is 190 Å². The number of nitrogens with one attached hydrogen (secondary N) is 1. The van der Waals surface area contributed by atoms with Crippen LogP contribution in [0, 0.1) is 0 Å². The number of hydrogen-bond donors (Lipinski definition) is 2. The Balaban J connectivity index is 1.55. The van der Waals surface area contributed by atoms with Gasteiger partial charge in [-0.2, -0.15) is 19.6 Å². The lowest BCUT2D eigenvalue weighted by atomic mass is 10.1. The Morgan fingerprint density at radius 1 is 1.12 bits per heavy atom. The van der Waals surface area contributed by atoms with Crippen LogP contribution in [0.15, 0.2) is 36.5 Å². The molecule has 1 aromatic carbocycles. The molecule has 0 amide bonds. The van der Waals surface area contributed by atoms with Gasteiger partial charge in [0.15, 0.2) is 5.65 Å². The van der Waals surface area contributed by atoms with Gasteiger partial charge in [-0.05, 0) is 50.8 Å². The van der Waals surface area contributed by atoms with Gasteiger partial charge >= 0.3 is 6.01 Å². The number of aromatic nitrogens is 4. The van der Waals surface area contributed by atoms with Crippen molar-refractivity contribution in [1.29, 1.82) is 0 Å². The van der Waals surface area contributed by atoms with Crippen molar-refractivity contribution in [3.63, 3.8) is 0 Å². The van der Waals surface area contributed by atoms with Crippen LogP contribution in [0.3, 0.4) is 0 Å². The fourth-order valence-electron chi connectivity index (χ4n) is 4.16. The molecule has 0 saturated carbocycles. The molecule has 1 atom stereocenters. The lowest BCUT2D eigenvalue weighted by Crippen LogP contribution is -2.39. The summed E-state index contributed by atoms with van der Waals surface area (Å²) in [5.74, 6) is 0.953. The van der Waals surface area contributed by atoms with Crippen LogP contribution in [0.2, 0.25) is 0 Å². The van der Waals surface area contributed by atoms with Crippen LogP contribution in [0.4, 0.5) is 5.95 Å². The van der Waals surface area contributed by atoms with Crippen LogP contribution in [0.1, 0.15) is 63.1 Å². The zero-order chi connectivity index (χ0) is 22.5. The Morgan fingerprint density at radius 2 is 1.88 bits per heavy atom. The highest BCUT2D eigenvalue weighted by molar-refractivity contribution is 5.53. The topological polar surface area (TPSA) is 93.6 Å². The predicted octanol–water partition coefficient (Wildman–Crippen LogP) is 3.61. The van der Waals surface area contributed by atoms with Crippen molar-refractivity contribution in [1.82, 2.24) is 24.5 Å². The van der Waals surface area contributed by atoms with Crippen molar-refractivity contribution < 1.29 is 4.74 Å². The van der Waals surface area contributed by atoms with Crippen LogP contribution in [0.25, 0.3) is 5.65 Å². The van der Waals surface area contributed by atoms with E-state index in [1.54, 1.807) is 4.52 Å². The van der Waals surface area contributed by atoms with Crippen LogP contribution < -0.4 is 15.8 Å². The third kappa shape index (κ3) is 5.19. The Morgan fingerprint density at radius 3 is 2.56 bits per heavy atom. The van der Waals surface area contributed by atoms with Gasteiger partial charge in [0.25, 0.3) is 0 Å². The van der Waals surface area contributed by atoms with Crippen LogP contribution in [0.5, 0.6) is 6.01 Å². The second kappa shape index (κ2) is 10.3. The van der Waals surface area contributed by atoms with E-state index in [2.05, 4.69) is 48.2 Å². The number of piperidine rings is 1. The molecule has 8 nitrogen and oxygen atoms in total. The summed E-state index contributed by atoms with van der Waals surface area (Å²) in [5, 5.41) is 8.08. The molecule has 1 fully saturated rings. The first kappa shape index (κ1) is 22.5. The molecule has 8 heteroatoms. The molecule has 4 rings (SSSR count). The van der Waals surface area contributed by atoms with Crippen LogP contribution in [-0.2, 0) is 0 Å². The summed E-state index contributed by atoms with van der Waals surface area (Å²) in [6.45, 7) is 10.3. The predicted molar refractivity (Wildman–Crippen MR) is 127 cm³/mol. The number of hydrogen-bond acceptors (Lipinski definition) is 7. The van der Waals surface area contributed by atoms with E-state index < -0.39 is 0 Å². The molecule has 0 aliphatic carbocycles. The fourth-order valence-corrected chi connectivity index (χ4v) is 4.16. The molecule has 0 spiro atoms. The summed E-state index contributed by atoms with van der Waals surface area (Å²) in [6, 6.07) is 10.8. The third-order valence-electron chi connectivity index (χ3n) is 6.13. The van der Waals surface area contributed by atoms with Gasteiger partial charge in [-0.1, -0.05) is 44.2 Å². The molecule has 0 unspecified atom stereocenters. The van der Waals surface area contributed by atoms with Crippen molar-refractivity contribution in [2.24, 2.45) is 5.73 Å². The third-order valence-corrected chi connectivity index (χ3v) is 6.13. The Kier molecular flexibility index (Phi) is 7.22. The summed E-state index contributed by atoms with van der Waals surface area (Å²) < 4.78 is 8.08. The molecule has 3 N–H and O–H groups in total. The summed E-state index contributed by atoms with van der Waals surface area (Å²) in [7, 11) is 0. The van der Waals surface area contributed by atoms with Gasteiger partial charge in [0, 0.05) is 18.7 Å². The number of anilines is 1. The maximum atomic E-state index is 6.29. The monoisotopic (exact) mass is 437 g/mol. The smallest absolute Gasteiger partial charge is 0.322 e. The standard InChI is InChI=1S/C24H35N7O/c1-17(2)21-16-26-31-22(21)28-24(32-20-10-14-30(15-11-20)13-7-12-25)29-23(31)27-18(3)19-8-5-4-6-9-19/h4-6,8-9,16-18,20H,7,10-15,25H2,1-3H3,(H,27,28,29)/t18-/m0/s1. The lowest BCUT2D eigenvalue weighted by Gasteiger charge is -2.31. The first-order valence-electron chi connectivity index (χ1n) is 11.7. The number of ether oxygens (including phenoxy) is 1. The van der Waals surface area contributed by atoms with E-state index in [4.69, 9.17) is 20.4 Å². The van der Waals surface area contributed by atoms with E-state index in [9.17, 15) is 0 Å². The zero-order valence-electron chi connectivity index (χ0n) is 19.4. The maximum absolute atomic E-state index is 6.29. The van der Waals surface area contributed by atoms with Crippen molar-refractivity contribution >= 4 is 11.6 Å². The second-order valence-corrected chi connectivity index (χ2v) is 8.90. The first-order chi connectivity index (χ1) is 15.5. The highest BCUT2D eigenvalue weighted by Gasteiger charge is 2.23. The van der Waals surface area contributed by atoms with Gasteiger partial charge in [-0.25, -0.2) is 0 Å². The second-order valence-electron chi connectivity index (χ2n) is 8.90. The Hall–Kier alpha value is -2.71. The average Bonchev–Trinajstić information content (AvgIpc) is 3.24. The molecule has 2 aromatic heterocycles. The summed E-state index contributed by atoms with van der Waals surface area (Å²) in [4.78, 5) is 11.9. The summed E-state index contributed by atoms with van der Waals surface area (Å²) in [6.07, 6.45) is 4.99. The number of nitrogens with two attached hydrogens (primary N) is 1. The molecular formula is C24H35N7O. The minimum absolute atomic E-state index is 0.0691. The Bertz CT molecular complexity index is 996. The van der Waals surface area contributed by atoms with Gasteiger partial charge < -0.3 is 20.7 Å². The van der Waals surface area contributed by atoms with Crippen molar-refractivity contribution in [2.75, 3.05) is 31.5 Å². The quantitative estimate of drug-likeness (QED) is 0.528. The minimum atomic E-state index is 0.0691. The average molecular weight is 438 g/mol. The van der Waals surface area contributed by atoms with E-state index in [1.165, 1.54) is 5.56 Å². The highest BCUT2D eigenvalue weighted by Crippen LogP contribution is 2.26. The molecule has 1 aliphatic heterocycles.